The van der Waals surface area contributed by atoms with Crippen LogP contribution < -0.4 is 0 Å². The molecule has 0 fully saturated rings. The topological polar surface area (TPSA) is 89.3 Å². The predicted molar refractivity (Wildman–Crippen MR) is 60.5 cm³/mol. The number of imidazole rings is 1. The Morgan fingerprint density at radius 1 is 1.47 bits per heavy atom. The standard InChI is InChI=1S/C10H10N2O4S/c1-17(15,16)8-4-2-3-7-10(8)12(6-11-7)5-9(13)14/h2-4,6H,5H2,1H3,(H,13,14). The lowest BCUT2D eigenvalue weighted by Crippen LogP contribution is -2.09. The summed E-state index contributed by atoms with van der Waals surface area (Å²) in [4.78, 5) is 14.7. The van der Waals surface area contributed by atoms with E-state index in [0.29, 0.717) is 11.0 Å². The number of hydrogen-bond acceptors (Lipinski definition) is 4. The molecule has 0 atom stereocenters. The van der Waals surface area contributed by atoms with Crippen molar-refractivity contribution in [1.82, 2.24) is 9.55 Å². The molecule has 0 bridgehead atoms. The molecular formula is C10H10N2O4S. The van der Waals surface area contributed by atoms with Gasteiger partial charge in [0.25, 0.3) is 0 Å². The third-order valence-electron chi connectivity index (χ3n) is 2.31. The minimum Gasteiger partial charge on any atom is -0.480 e. The van der Waals surface area contributed by atoms with Gasteiger partial charge in [-0.05, 0) is 12.1 Å². The second-order valence-corrected chi connectivity index (χ2v) is 5.65. The van der Waals surface area contributed by atoms with Gasteiger partial charge >= 0.3 is 5.97 Å². The first-order valence-electron chi connectivity index (χ1n) is 4.75. The first-order chi connectivity index (χ1) is 7.89. The summed E-state index contributed by atoms with van der Waals surface area (Å²) in [5.74, 6) is -1.05. The Balaban J connectivity index is 2.77. The van der Waals surface area contributed by atoms with E-state index in [1.165, 1.54) is 17.0 Å². The van der Waals surface area contributed by atoms with Gasteiger partial charge in [-0.25, -0.2) is 13.4 Å². The summed E-state index contributed by atoms with van der Waals surface area (Å²) < 4.78 is 24.5. The molecule has 2 aromatic rings. The van der Waals surface area contributed by atoms with Crippen LogP contribution in [0.1, 0.15) is 0 Å². The van der Waals surface area contributed by atoms with Crippen molar-refractivity contribution in [2.24, 2.45) is 0 Å². The van der Waals surface area contributed by atoms with E-state index in [4.69, 9.17) is 5.11 Å². The minimum atomic E-state index is -3.41. The van der Waals surface area contributed by atoms with E-state index in [1.54, 1.807) is 12.1 Å². The van der Waals surface area contributed by atoms with Crippen LogP contribution in [0.5, 0.6) is 0 Å². The van der Waals surface area contributed by atoms with E-state index in [9.17, 15) is 13.2 Å². The molecule has 2 rings (SSSR count). The number of carbonyl (C=O) groups is 1. The van der Waals surface area contributed by atoms with Crippen LogP contribution in [-0.4, -0.2) is 35.3 Å². The Labute approximate surface area is 97.4 Å². The van der Waals surface area contributed by atoms with Crippen LogP contribution in [0.2, 0.25) is 0 Å². The van der Waals surface area contributed by atoms with E-state index < -0.39 is 15.8 Å². The maximum atomic E-state index is 11.6. The molecule has 0 aliphatic carbocycles. The number of rotatable bonds is 3. The molecule has 90 valence electrons. The SMILES string of the molecule is CS(=O)(=O)c1cccc2ncn(CC(=O)O)c12. The highest BCUT2D eigenvalue weighted by molar-refractivity contribution is 7.91. The van der Waals surface area contributed by atoms with Crippen molar-refractivity contribution in [3.05, 3.63) is 24.5 Å². The zero-order valence-electron chi connectivity index (χ0n) is 8.99. The Morgan fingerprint density at radius 3 is 2.76 bits per heavy atom. The smallest absolute Gasteiger partial charge is 0.323 e. The van der Waals surface area contributed by atoms with Gasteiger partial charge in [-0.1, -0.05) is 6.07 Å². The first kappa shape index (κ1) is 11.6. The third-order valence-corrected chi connectivity index (χ3v) is 3.43. The Morgan fingerprint density at radius 2 is 2.18 bits per heavy atom. The molecule has 0 saturated carbocycles. The number of fused-ring (bicyclic) bond motifs is 1. The molecule has 1 aromatic carbocycles. The molecule has 0 unspecified atom stereocenters. The van der Waals surface area contributed by atoms with E-state index in [2.05, 4.69) is 4.98 Å². The van der Waals surface area contributed by atoms with Gasteiger partial charge in [0.05, 0.1) is 22.3 Å². The molecule has 1 aromatic heterocycles. The van der Waals surface area contributed by atoms with E-state index in [1.807, 2.05) is 0 Å². The van der Waals surface area contributed by atoms with Crippen LogP contribution in [0.3, 0.4) is 0 Å². The second-order valence-electron chi connectivity index (χ2n) is 3.66. The number of hydrogen-bond donors (Lipinski definition) is 1. The summed E-state index contributed by atoms with van der Waals surface area (Å²) in [5, 5.41) is 8.74. The Bertz CT molecular complexity index is 687. The van der Waals surface area contributed by atoms with Crippen LogP contribution in [0.25, 0.3) is 11.0 Å². The molecule has 0 radical (unpaired) electrons. The molecule has 7 heteroatoms. The zero-order chi connectivity index (χ0) is 12.6. The number of carboxylic acids is 1. The van der Waals surface area contributed by atoms with Gasteiger partial charge in [-0.3, -0.25) is 4.79 Å². The fourth-order valence-corrected chi connectivity index (χ4v) is 2.56. The zero-order valence-corrected chi connectivity index (χ0v) is 9.81. The molecule has 0 aliphatic rings. The van der Waals surface area contributed by atoms with Gasteiger partial charge < -0.3 is 9.67 Å². The number of benzene rings is 1. The van der Waals surface area contributed by atoms with Crippen molar-refractivity contribution in [1.29, 1.82) is 0 Å². The molecule has 0 spiro atoms. The molecule has 6 nitrogen and oxygen atoms in total. The van der Waals surface area contributed by atoms with Gasteiger partial charge in [0.15, 0.2) is 9.84 Å². The van der Waals surface area contributed by atoms with Gasteiger partial charge in [0.2, 0.25) is 0 Å². The highest BCUT2D eigenvalue weighted by Gasteiger charge is 2.16. The van der Waals surface area contributed by atoms with Crippen LogP contribution >= 0.6 is 0 Å². The van der Waals surface area contributed by atoms with Crippen molar-refractivity contribution < 1.29 is 18.3 Å². The van der Waals surface area contributed by atoms with Crippen molar-refractivity contribution in [2.75, 3.05) is 6.26 Å². The van der Waals surface area contributed by atoms with Crippen molar-refractivity contribution >= 4 is 26.8 Å². The normalized spacial score (nSPS) is 11.8. The van der Waals surface area contributed by atoms with E-state index in [0.717, 1.165) is 6.26 Å². The summed E-state index contributed by atoms with van der Waals surface area (Å²) in [6, 6.07) is 4.66. The predicted octanol–water partition coefficient (Wildman–Crippen LogP) is 0.524. The van der Waals surface area contributed by atoms with Crippen molar-refractivity contribution in [2.45, 2.75) is 11.4 Å². The third kappa shape index (κ3) is 2.14. The van der Waals surface area contributed by atoms with Gasteiger partial charge in [-0.15, -0.1) is 0 Å². The Kier molecular flexibility index (Phi) is 2.62. The number of aliphatic carboxylic acids is 1. The minimum absolute atomic E-state index is 0.0914. The van der Waals surface area contributed by atoms with Crippen molar-refractivity contribution in [3.8, 4) is 0 Å². The Hall–Kier alpha value is -1.89. The van der Waals surface area contributed by atoms with Gasteiger partial charge in [0, 0.05) is 6.26 Å². The highest BCUT2D eigenvalue weighted by atomic mass is 32.2. The summed E-state index contributed by atoms with van der Waals surface area (Å²) in [6.07, 6.45) is 2.41. The summed E-state index contributed by atoms with van der Waals surface area (Å²) in [7, 11) is -3.41. The summed E-state index contributed by atoms with van der Waals surface area (Å²) in [6.45, 7) is -0.316. The number of aromatic nitrogens is 2. The largest absolute Gasteiger partial charge is 0.480 e. The molecule has 0 amide bonds. The number of para-hydroxylation sites is 1. The lowest BCUT2D eigenvalue weighted by Gasteiger charge is -2.04. The quantitative estimate of drug-likeness (QED) is 0.862. The fourth-order valence-electron chi connectivity index (χ4n) is 1.66. The van der Waals surface area contributed by atoms with Crippen molar-refractivity contribution in [3.63, 3.8) is 0 Å². The van der Waals surface area contributed by atoms with E-state index >= 15 is 0 Å². The molecular weight excluding hydrogens is 244 g/mol. The molecule has 1 N–H and O–H groups in total. The lowest BCUT2D eigenvalue weighted by atomic mass is 10.3. The molecule has 0 saturated heterocycles. The van der Waals surface area contributed by atoms with Crippen LogP contribution in [0.4, 0.5) is 0 Å². The number of sulfone groups is 1. The number of nitrogens with zero attached hydrogens (tertiary/aromatic N) is 2. The van der Waals surface area contributed by atoms with Crippen LogP contribution in [0.15, 0.2) is 29.4 Å². The second kappa shape index (κ2) is 3.85. The van der Waals surface area contributed by atoms with Crippen LogP contribution in [-0.2, 0) is 21.2 Å². The summed E-state index contributed by atoms with van der Waals surface area (Å²) in [5.41, 5.74) is 0.798. The van der Waals surface area contributed by atoms with Gasteiger partial charge in [0.1, 0.15) is 6.54 Å². The maximum absolute atomic E-state index is 11.6. The highest BCUT2D eigenvalue weighted by Crippen LogP contribution is 2.22. The van der Waals surface area contributed by atoms with Gasteiger partial charge in [-0.2, -0.15) is 0 Å². The fraction of sp³-hybridized carbons (Fsp3) is 0.200. The lowest BCUT2D eigenvalue weighted by molar-refractivity contribution is -0.137. The molecule has 17 heavy (non-hydrogen) atoms. The molecule has 1 heterocycles. The average molecular weight is 254 g/mol. The van der Waals surface area contributed by atoms with Crippen LogP contribution in [0, 0.1) is 0 Å². The maximum Gasteiger partial charge on any atom is 0.323 e. The molecule has 0 aliphatic heterocycles. The van der Waals surface area contributed by atoms with E-state index in [-0.39, 0.29) is 11.4 Å². The first-order valence-corrected chi connectivity index (χ1v) is 6.64. The number of carboxylic acid groups (broad SMARTS) is 1. The summed E-state index contributed by atoms with van der Waals surface area (Å²) >= 11 is 0. The average Bonchev–Trinajstić information content (AvgIpc) is 2.59. The monoisotopic (exact) mass is 254 g/mol.